The molecule has 4 heteroatoms. The molecule has 3 aliphatic rings. The zero-order valence-corrected chi connectivity index (χ0v) is 12.9. The van der Waals surface area contributed by atoms with Crippen molar-refractivity contribution in [3.05, 3.63) is 25.3 Å². The molecular weight excluding hydrogens is 280 g/mol. The molecule has 0 aromatic rings. The third kappa shape index (κ3) is 2.71. The van der Waals surface area contributed by atoms with Gasteiger partial charge in [-0.15, -0.1) is 0 Å². The summed E-state index contributed by atoms with van der Waals surface area (Å²) in [7, 11) is 0. The maximum Gasteiger partial charge on any atom is 0.330 e. The Hall–Kier alpha value is -1.58. The lowest BCUT2D eigenvalue weighted by molar-refractivity contribution is -0.142. The Labute approximate surface area is 131 Å². The fraction of sp³-hybridized carbons (Fsp3) is 0.667. The average molecular weight is 304 g/mol. The molecule has 0 spiro atoms. The lowest BCUT2D eigenvalue weighted by Crippen LogP contribution is -2.32. The van der Waals surface area contributed by atoms with E-state index in [1.54, 1.807) is 0 Å². The Morgan fingerprint density at radius 2 is 1.55 bits per heavy atom. The largest absolute Gasteiger partial charge is 0.462 e. The van der Waals surface area contributed by atoms with Crippen molar-refractivity contribution in [2.24, 2.45) is 35.5 Å². The first-order valence-corrected chi connectivity index (χ1v) is 8.22. The second kappa shape index (κ2) is 6.27. The highest BCUT2D eigenvalue weighted by Gasteiger charge is 2.57. The van der Waals surface area contributed by atoms with E-state index in [-0.39, 0.29) is 11.9 Å². The van der Waals surface area contributed by atoms with Gasteiger partial charge in [-0.3, -0.25) is 0 Å². The molecule has 3 rings (SSSR count). The molecule has 0 saturated heterocycles. The van der Waals surface area contributed by atoms with Crippen LogP contribution in [0.15, 0.2) is 25.3 Å². The third-order valence-electron chi connectivity index (χ3n) is 6.01. The minimum absolute atomic E-state index is 0.330. The molecule has 0 amide bonds. The van der Waals surface area contributed by atoms with E-state index in [0.29, 0.717) is 36.9 Å². The lowest BCUT2D eigenvalue weighted by Gasteiger charge is -2.34. The van der Waals surface area contributed by atoms with Gasteiger partial charge in [-0.1, -0.05) is 13.2 Å². The molecule has 0 heterocycles. The molecule has 22 heavy (non-hydrogen) atoms. The summed E-state index contributed by atoms with van der Waals surface area (Å²) in [6, 6.07) is 0. The quantitative estimate of drug-likeness (QED) is 0.559. The maximum atomic E-state index is 11.3. The SMILES string of the molecule is C=CC(=O)OCC1CC[C@H]2[C@@H]3CC(COC(=O)C=C)[C@@H](C3)[C@@H]12. The number of fused-ring (bicyclic) bond motifs is 5. The van der Waals surface area contributed by atoms with Crippen LogP contribution in [0.1, 0.15) is 25.7 Å². The van der Waals surface area contributed by atoms with Crippen LogP contribution in [0.3, 0.4) is 0 Å². The molecule has 3 fully saturated rings. The van der Waals surface area contributed by atoms with Crippen molar-refractivity contribution in [2.45, 2.75) is 25.7 Å². The lowest BCUT2D eigenvalue weighted by atomic mass is 9.73. The van der Waals surface area contributed by atoms with Gasteiger partial charge in [-0.05, 0) is 61.2 Å². The van der Waals surface area contributed by atoms with Crippen LogP contribution < -0.4 is 0 Å². The van der Waals surface area contributed by atoms with Crippen LogP contribution in [-0.4, -0.2) is 25.2 Å². The van der Waals surface area contributed by atoms with Crippen molar-refractivity contribution in [1.82, 2.24) is 0 Å². The first-order chi connectivity index (χ1) is 10.6. The molecule has 6 atom stereocenters. The monoisotopic (exact) mass is 304 g/mol. The fourth-order valence-electron chi connectivity index (χ4n) is 5.26. The highest BCUT2D eigenvalue weighted by Crippen LogP contribution is 2.62. The second-order valence-corrected chi connectivity index (χ2v) is 6.90. The zero-order valence-electron chi connectivity index (χ0n) is 12.9. The van der Waals surface area contributed by atoms with Crippen molar-refractivity contribution in [3.63, 3.8) is 0 Å². The zero-order chi connectivity index (χ0) is 15.7. The van der Waals surface area contributed by atoms with E-state index in [4.69, 9.17) is 9.47 Å². The van der Waals surface area contributed by atoms with Crippen LogP contribution in [0.25, 0.3) is 0 Å². The summed E-state index contributed by atoms with van der Waals surface area (Å²) in [5, 5.41) is 0. The van der Waals surface area contributed by atoms with Crippen molar-refractivity contribution in [3.8, 4) is 0 Å². The number of esters is 2. The molecule has 3 saturated carbocycles. The summed E-state index contributed by atoms with van der Waals surface area (Å²) >= 11 is 0. The van der Waals surface area contributed by atoms with E-state index in [9.17, 15) is 9.59 Å². The van der Waals surface area contributed by atoms with Gasteiger partial charge in [0.2, 0.25) is 0 Å². The van der Waals surface area contributed by atoms with Gasteiger partial charge in [0.05, 0.1) is 13.2 Å². The van der Waals surface area contributed by atoms with Gasteiger partial charge in [-0.25, -0.2) is 9.59 Å². The summed E-state index contributed by atoms with van der Waals surface area (Å²) in [4.78, 5) is 22.6. The molecule has 0 aromatic heterocycles. The van der Waals surface area contributed by atoms with Gasteiger partial charge >= 0.3 is 11.9 Å². The van der Waals surface area contributed by atoms with E-state index >= 15 is 0 Å². The maximum absolute atomic E-state index is 11.3. The van der Waals surface area contributed by atoms with Crippen molar-refractivity contribution >= 4 is 11.9 Å². The summed E-state index contributed by atoms with van der Waals surface area (Å²) < 4.78 is 10.6. The van der Waals surface area contributed by atoms with Crippen molar-refractivity contribution < 1.29 is 19.1 Å². The number of carbonyl (C=O) groups excluding carboxylic acids is 2. The molecule has 2 unspecified atom stereocenters. The van der Waals surface area contributed by atoms with Crippen LogP contribution in [0, 0.1) is 35.5 Å². The number of ether oxygens (including phenoxy) is 2. The summed E-state index contributed by atoms with van der Waals surface area (Å²) in [6.07, 6.45) is 7.27. The molecular formula is C18H24O4. The molecule has 4 nitrogen and oxygen atoms in total. The first kappa shape index (κ1) is 15.3. The Kier molecular flexibility index (Phi) is 4.37. The molecule has 0 N–H and O–H groups in total. The van der Waals surface area contributed by atoms with E-state index < -0.39 is 0 Å². The first-order valence-electron chi connectivity index (χ1n) is 8.22. The van der Waals surface area contributed by atoms with Crippen LogP contribution in [-0.2, 0) is 19.1 Å². The summed E-state index contributed by atoms with van der Waals surface area (Å²) in [6.45, 7) is 7.89. The number of rotatable bonds is 6. The fourth-order valence-corrected chi connectivity index (χ4v) is 5.26. The Bertz CT molecular complexity index is 483. The van der Waals surface area contributed by atoms with Crippen molar-refractivity contribution in [2.75, 3.05) is 13.2 Å². The van der Waals surface area contributed by atoms with Gasteiger partial charge < -0.3 is 9.47 Å². The summed E-state index contributed by atoms with van der Waals surface area (Å²) in [5.41, 5.74) is 0. The molecule has 3 aliphatic carbocycles. The van der Waals surface area contributed by atoms with E-state index in [2.05, 4.69) is 13.2 Å². The molecule has 2 bridgehead atoms. The number of hydrogen-bond acceptors (Lipinski definition) is 4. The Balaban J connectivity index is 1.59. The van der Waals surface area contributed by atoms with Gasteiger partial charge in [-0.2, -0.15) is 0 Å². The highest BCUT2D eigenvalue weighted by molar-refractivity contribution is 5.81. The Morgan fingerprint density at radius 1 is 0.909 bits per heavy atom. The average Bonchev–Trinajstić information content (AvgIpc) is 3.21. The standard InChI is InChI=1S/C18H24O4/c1-3-16(19)21-9-11-5-6-14-12-7-13(10-22-17(20)4-2)15(8-12)18(11)14/h3-4,11-15,18H,1-2,5-10H2/t11?,12-,13?,14+,15-,18+/m1/s1. The molecule has 0 radical (unpaired) electrons. The minimum Gasteiger partial charge on any atom is -0.462 e. The van der Waals surface area contributed by atoms with E-state index in [1.165, 1.54) is 31.4 Å². The normalized spacial score (nSPS) is 38.4. The van der Waals surface area contributed by atoms with Gasteiger partial charge in [0, 0.05) is 12.2 Å². The predicted octanol–water partition coefficient (Wildman–Crippen LogP) is 2.74. The topological polar surface area (TPSA) is 52.6 Å². The molecule has 120 valence electrons. The number of hydrogen-bond donors (Lipinski definition) is 0. The minimum atomic E-state index is -0.331. The van der Waals surface area contributed by atoms with E-state index in [0.717, 1.165) is 18.3 Å². The van der Waals surface area contributed by atoms with Crippen LogP contribution in [0.4, 0.5) is 0 Å². The van der Waals surface area contributed by atoms with Crippen molar-refractivity contribution in [1.29, 1.82) is 0 Å². The van der Waals surface area contributed by atoms with Gasteiger partial charge in [0.1, 0.15) is 0 Å². The van der Waals surface area contributed by atoms with Crippen LogP contribution >= 0.6 is 0 Å². The Morgan fingerprint density at radius 3 is 2.18 bits per heavy atom. The molecule has 0 aliphatic heterocycles. The molecule has 0 aromatic carbocycles. The smallest absolute Gasteiger partial charge is 0.330 e. The summed E-state index contributed by atoms with van der Waals surface area (Å²) in [5.74, 6) is 3.05. The predicted molar refractivity (Wildman–Crippen MR) is 81.7 cm³/mol. The van der Waals surface area contributed by atoms with E-state index in [1.807, 2.05) is 0 Å². The van der Waals surface area contributed by atoms with Gasteiger partial charge in [0.15, 0.2) is 0 Å². The van der Waals surface area contributed by atoms with Gasteiger partial charge in [0.25, 0.3) is 0 Å². The third-order valence-corrected chi connectivity index (χ3v) is 6.01. The second-order valence-electron chi connectivity index (χ2n) is 6.90. The van der Waals surface area contributed by atoms with Crippen LogP contribution in [0.5, 0.6) is 0 Å². The van der Waals surface area contributed by atoms with Crippen LogP contribution in [0.2, 0.25) is 0 Å². The number of carbonyl (C=O) groups is 2. The highest BCUT2D eigenvalue weighted by atomic mass is 16.5.